The van der Waals surface area contributed by atoms with Gasteiger partial charge < -0.3 is 4.74 Å². The van der Waals surface area contributed by atoms with E-state index in [0.717, 1.165) is 72.5 Å². The Morgan fingerprint density at radius 1 is 0.365 bits per heavy atom. The van der Waals surface area contributed by atoms with Gasteiger partial charge in [0.1, 0.15) is 11.4 Å². The lowest BCUT2D eigenvalue weighted by molar-refractivity contribution is 0.106. The zero-order valence-corrected chi connectivity index (χ0v) is 29.0. The fraction of sp³-hybridized carbons (Fsp3) is 0.0625. The molecule has 0 amide bonds. The number of ether oxygens (including phenoxy) is 1. The monoisotopic (exact) mass is 669 g/mol. The zero-order chi connectivity index (χ0) is 35.1. The van der Waals surface area contributed by atoms with Gasteiger partial charge in [0, 0.05) is 27.8 Å². The van der Waals surface area contributed by atoms with E-state index in [1.807, 2.05) is 30.3 Å². The molecule has 0 saturated carbocycles. The smallest absolute Gasteiger partial charge is 0.164 e. The molecule has 4 nitrogen and oxygen atoms in total. The normalized spacial score (nSPS) is 12.7. The topological polar surface area (TPSA) is 47.9 Å². The molecule has 4 heteroatoms. The molecule has 0 bridgehead atoms. The maximum Gasteiger partial charge on any atom is 0.164 e. The first-order chi connectivity index (χ1) is 25.5. The largest absolute Gasteiger partial charge is 0.482 e. The molecule has 2 heterocycles. The van der Waals surface area contributed by atoms with Gasteiger partial charge >= 0.3 is 0 Å². The van der Waals surface area contributed by atoms with Crippen molar-refractivity contribution in [2.24, 2.45) is 0 Å². The SMILES string of the molecule is CC1(C)Oc2cccc(-c3nc(-c4ccc(-c5ccccc5)cc4)nc(-c4cc(-c5ccccc5)cc(-c5ccccc5)c4)n3)c2-c2ccccc21. The van der Waals surface area contributed by atoms with Crippen LogP contribution in [0, 0.1) is 0 Å². The van der Waals surface area contributed by atoms with Crippen molar-refractivity contribution < 1.29 is 4.74 Å². The van der Waals surface area contributed by atoms with Crippen LogP contribution in [0.3, 0.4) is 0 Å². The van der Waals surface area contributed by atoms with Crippen molar-refractivity contribution in [3.8, 4) is 84.4 Å². The average Bonchev–Trinajstić information content (AvgIpc) is 3.21. The maximum absolute atomic E-state index is 6.65. The van der Waals surface area contributed by atoms with E-state index in [9.17, 15) is 0 Å². The molecule has 0 unspecified atom stereocenters. The molecule has 52 heavy (non-hydrogen) atoms. The zero-order valence-electron chi connectivity index (χ0n) is 29.0. The van der Waals surface area contributed by atoms with Crippen molar-refractivity contribution in [2.75, 3.05) is 0 Å². The second-order valence-corrected chi connectivity index (χ2v) is 13.6. The van der Waals surface area contributed by atoms with E-state index in [4.69, 9.17) is 19.7 Å². The van der Waals surface area contributed by atoms with Crippen LogP contribution in [0.15, 0.2) is 176 Å². The summed E-state index contributed by atoms with van der Waals surface area (Å²) >= 11 is 0. The van der Waals surface area contributed by atoms with E-state index < -0.39 is 5.60 Å². The second kappa shape index (κ2) is 12.9. The molecule has 0 fully saturated rings. The molecule has 248 valence electrons. The molecule has 0 aliphatic carbocycles. The van der Waals surface area contributed by atoms with Crippen LogP contribution in [0.5, 0.6) is 5.75 Å². The first-order valence-electron chi connectivity index (χ1n) is 17.6. The number of fused-ring (bicyclic) bond motifs is 3. The summed E-state index contributed by atoms with van der Waals surface area (Å²) in [5, 5.41) is 0. The van der Waals surface area contributed by atoms with E-state index in [0.29, 0.717) is 17.5 Å². The molecule has 0 saturated heterocycles. The standard InChI is InChI=1S/C48H35N3O/c1-48(2)42-23-13-12-21-40(42)44-41(22-14-24-43(44)52-48)47-50-45(36-27-25-35(26-28-36)32-15-6-3-7-16-32)49-46(51-47)39-30-37(33-17-8-4-9-18-33)29-38(31-39)34-19-10-5-11-20-34/h3-31H,1-2H3. The Kier molecular flexibility index (Phi) is 7.78. The summed E-state index contributed by atoms with van der Waals surface area (Å²) < 4.78 is 6.65. The van der Waals surface area contributed by atoms with E-state index in [1.54, 1.807) is 0 Å². The number of nitrogens with zero attached hydrogens (tertiary/aromatic N) is 3. The fourth-order valence-corrected chi connectivity index (χ4v) is 7.18. The number of hydrogen-bond donors (Lipinski definition) is 0. The van der Waals surface area contributed by atoms with Crippen LogP contribution in [0.2, 0.25) is 0 Å². The molecule has 9 rings (SSSR count). The maximum atomic E-state index is 6.65. The Balaban J connectivity index is 1.27. The van der Waals surface area contributed by atoms with Gasteiger partial charge in [-0.05, 0) is 77.1 Å². The van der Waals surface area contributed by atoms with E-state index >= 15 is 0 Å². The van der Waals surface area contributed by atoms with Gasteiger partial charge in [0.25, 0.3) is 0 Å². The molecular formula is C48H35N3O. The molecule has 0 radical (unpaired) electrons. The Bertz CT molecular complexity index is 2490. The second-order valence-electron chi connectivity index (χ2n) is 13.6. The molecule has 1 aliphatic heterocycles. The van der Waals surface area contributed by atoms with Crippen LogP contribution in [-0.2, 0) is 5.60 Å². The summed E-state index contributed by atoms with van der Waals surface area (Å²) in [6.45, 7) is 4.23. The van der Waals surface area contributed by atoms with Crippen molar-refractivity contribution in [3.63, 3.8) is 0 Å². The van der Waals surface area contributed by atoms with E-state index in [1.165, 1.54) is 0 Å². The van der Waals surface area contributed by atoms with Gasteiger partial charge in [-0.15, -0.1) is 0 Å². The van der Waals surface area contributed by atoms with E-state index in [-0.39, 0.29) is 0 Å². The lowest BCUT2D eigenvalue weighted by Crippen LogP contribution is -2.29. The van der Waals surface area contributed by atoms with Gasteiger partial charge in [0.2, 0.25) is 0 Å². The van der Waals surface area contributed by atoms with Gasteiger partial charge in [-0.3, -0.25) is 0 Å². The van der Waals surface area contributed by atoms with Gasteiger partial charge in [-0.1, -0.05) is 152 Å². The van der Waals surface area contributed by atoms with Gasteiger partial charge in [0.05, 0.1) is 0 Å². The summed E-state index contributed by atoms with van der Waals surface area (Å²) in [6, 6.07) is 61.0. The minimum absolute atomic E-state index is 0.482. The first-order valence-corrected chi connectivity index (χ1v) is 17.6. The van der Waals surface area contributed by atoms with Crippen molar-refractivity contribution in [2.45, 2.75) is 19.4 Å². The summed E-state index contributed by atoms with van der Waals surface area (Å²) in [5.41, 5.74) is 12.2. The highest BCUT2D eigenvalue weighted by Crippen LogP contribution is 2.49. The molecule has 0 N–H and O–H groups in total. The number of hydrogen-bond acceptors (Lipinski definition) is 4. The van der Waals surface area contributed by atoms with Crippen molar-refractivity contribution in [1.82, 2.24) is 15.0 Å². The lowest BCUT2D eigenvalue weighted by atomic mass is 9.84. The van der Waals surface area contributed by atoms with Crippen LogP contribution in [0.1, 0.15) is 19.4 Å². The minimum Gasteiger partial charge on any atom is -0.482 e. The van der Waals surface area contributed by atoms with Crippen molar-refractivity contribution >= 4 is 0 Å². The van der Waals surface area contributed by atoms with Gasteiger partial charge in [0.15, 0.2) is 17.5 Å². The van der Waals surface area contributed by atoms with Crippen LogP contribution < -0.4 is 4.74 Å². The quantitative estimate of drug-likeness (QED) is 0.177. The number of aromatic nitrogens is 3. The highest BCUT2D eigenvalue weighted by Gasteiger charge is 2.34. The summed E-state index contributed by atoms with van der Waals surface area (Å²) in [7, 11) is 0. The Hall–Kier alpha value is -6.65. The lowest BCUT2D eigenvalue weighted by Gasteiger charge is -2.35. The third-order valence-corrected chi connectivity index (χ3v) is 9.77. The van der Waals surface area contributed by atoms with Crippen LogP contribution in [0.4, 0.5) is 0 Å². The Morgan fingerprint density at radius 3 is 1.42 bits per heavy atom. The molecule has 1 aromatic heterocycles. The van der Waals surface area contributed by atoms with Crippen molar-refractivity contribution in [1.29, 1.82) is 0 Å². The van der Waals surface area contributed by atoms with Crippen LogP contribution in [0.25, 0.3) is 78.7 Å². The molecule has 8 aromatic rings. The Morgan fingerprint density at radius 2 is 0.808 bits per heavy atom. The molecule has 7 aromatic carbocycles. The highest BCUT2D eigenvalue weighted by molar-refractivity contribution is 5.89. The fourth-order valence-electron chi connectivity index (χ4n) is 7.18. The van der Waals surface area contributed by atoms with Crippen LogP contribution >= 0.6 is 0 Å². The number of rotatable bonds is 6. The van der Waals surface area contributed by atoms with Crippen molar-refractivity contribution in [3.05, 3.63) is 181 Å². The van der Waals surface area contributed by atoms with Gasteiger partial charge in [-0.2, -0.15) is 0 Å². The summed E-state index contributed by atoms with van der Waals surface area (Å²) in [4.78, 5) is 15.7. The minimum atomic E-state index is -0.482. The molecule has 0 atom stereocenters. The molecular weight excluding hydrogens is 635 g/mol. The third-order valence-electron chi connectivity index (χ3n) is 9.77. The highest BCUT2D eigenvalue weighted by atomic mass is 16.5. The summed E-state index contributed by atoms with van der Waals surface area (Å²) in [5.74, 6) is 2.61. The molecule has 0 spiro atoms. The number of benzene rings is 7. The molecule has 1 aliphatic rings. The first kappa shape index (κ1) is 31.3. The van der Waals surface area contributed by atoms with Crippen LogP contribution in [-0.4, -0.2) is 15.0 Å². The predicted octanol–water partition coefficient (Wildman–Crippen LogP) is 12.2. The average molecular weight is 670 g/mol. The Labute approximate surface area is 304 Å². The van der Waals surface area contributed by atoms with Gasteiger partial charge in [-0.25, -0.2) is 15.0 Å². The summed E-state index contributed by atoms with van der Waals surface area (Å²) in [6.07, 6.45) is 0. The van der Waals surface area contributed by atoms with E-state index in [2.05, 4.69) is 159 Å². The predicted molar refractivity (Wildman–Crippen MR) is 212 cm³/mol. The third kappa shape index (κ3) is 5.84.